The first-order chi connectivity index (χ1) is 17.3. The minimum absolute atomic E-state index is 0.227. The van der Waals surface area contributed by atoms with E-state index < -0.39 is 12.1 Å². The molecule has 3 aliphatic rings. The smallest absolute Gasteiger partial charge is 0.489 e. The number of rotatable bonds is 6. The molecule has 2 bridgehead atoms. The van der Waals surface area contributed by atoms with E-state index in [1.165, 1.54) is 12.8 Å². The molecule has 0 radical (unpaired) electrons. The summed E-state index contributed by atoms with van der Waals surface area (Å²) in [6.07, 6.45) is -2.51. The van der Waals surface area contributed by atoms with Crippen LogP contribution in [0.4, 0.5) is 24.5 Å². The van der Waals surface area contributed by atoms with Crippen molar-refractivity contribution in [3.05, 3.63) is 78.4 Å². The van der Waals surface area contributed by atoms with Gasteiger partial charge in [0.2, 0.25) is 0 Å². The highest BCUT2D eigenvalue weighted by Gasteiger charge is 2.43. The number of aryl methyl sites for hydroxylation is 1. The maximum Gasteiger partial charge on any atom is 0.493 e. The van der Waals surface area contributed by atoms with E-state index in [0.29, 0.717) is 17.3 Å². The van der Waals surface area contributed by atoms with Gasteiger partial charge in [-0.15, -0.1) is 0 Å². The number of ether oxygens (including phenoxy) is 1. The van der Waals surface area contributed by atoms with Crippen LogP contribution in [0.3, 0.4) is 0 Å². The number of hydrogen-bond acceptors (Lipinski definition) is 5. The fourth-order valence-electron chi connectivity index (χ4n) is 4.80. The largest absolute Gasteiger partial charge is 0.493 e. The van der Waals surface area contributed by atoms with Gasteiger partial charge in [-0.05, 0) is 86.3 Å². The third-order valence-corrected chi connectivity index (χ3v) is 6.85. The summed E-state index contributed by atoms with van der Waals surface area (Å²) in [7, 11) is 0. The molecule has 0 N–H and O–H groups in total. The molecule has 188 valence electrons. The Labute approximate surface area is 208 Å². The van der Waals surface area contributed by atoms with E-state index in [1.54, 1.807) is 48.5 Å². The van der Waals surface area contributed by atoms with E-state index in [0.717, 1.165) is 47.1 Å². The molecule has 3 fully saturated rings. The van der Waals surface area contributed by atoms with Crippen LogP contribution in [-0.2, 0) is 9.63 Å². The lowest BCUT2D eigenvalue weighted by Gasteiger charge is -2.44. The van der Waals surface area contributed by atoms with Crippen molar-refractivity contribution in [3.8, 4) is 16.9 Å². The van der Waals surface area contributed by atoms with Crippen molar-refractivity contribution in [1.82, 2.24) is 4.90 Å². The van der Waals surface area contributed by atoms with Crippen LogP contribution >= 0.6 is 0 Å². The van der Waals surface area contributed by atoms with E-state index in [4.69, 9.17) is 9.57 Å². The van der Waals surface area contributed by atoms with E-state index in [1.807, 2.05) is 31.2 Å². The summed E-state index contributed by atoms with van der Waals surface area (Å²) in [6, 6.07) is 21.3. The number of hydrogen-bond donors (Lipinski definition) is 0. The zero-order chi connectivity index (χ0) is 25.3. The summed E-state index contributed by atoms with van der Waals surface area (Å²) in [4.78, 5) is 18.8. The number of nitrogens with zero attached hydrogens (tertiary/aromatic N) is 2. The minimum atomic E-state index is -5.11. The summed E-state index contributed by atoms with van der Waals surface area (Å²) >= 11 is 0. The van der Waals surface area contributed by atoms with Crippen molar-refractivity contribution >= 4 is 17.3 Å². The molecule has 0 spiro atoms. The van der Waals surface area contributed by atoms with Crippen molar-refractivity contribution in [1.29, 1.82) is 0 Å². The molecule has 3 aliphatic heterocycles. The number of piperidine rings is 3. The average Bonchev–Trinajstić information content (AvgIpc) is 2.89. The Morgan fingerprint density at radius 2 is 1.39 bits per heavy atom. The van der Waals surface area contributed by atoms with Crippen LogP contribution in [0, 0.1) is 12.8 Å². The average molecular weight is 497 g/mol. The van der Waals surface area contributed by atoms with Crippen molar-refractivity contribution in [2.45, 2.75) is 32.0 Å². The fraction of sp³-hybridized carbons (Fsp3) is 0.321. The first-order valence-electron chi connectivity index (χ1n) is 12.0. The Bertz CT molecular complexity index is 1190. The van der Waals surface area contributed by atoms with Gasteiger partial charge < -0.3 is 9.57 Å². The second-order valence-corrected chi connectivity index (χ2v) is 9.37. The second kappa shape index (κ2) is 9.85. The van der Waals surface area contributed by atoms with E-state index in [9.17, 15) is 18.0 Å². The molecule has 3 aromatic carbocycles. The zero-order valence-electron chi connectivity index (χ0n) is 19.9. The maximum absolute atomic E-state index is 12.9. The molecule has 0 aromatic heterocycles. The van der Waals surface area contributed by atoms with Gasteiger partial charge in [0, 0.05) is 6.54 Å². The number of benzene rings is 3. The predicted octanol–water partition coefficient (Wildman–Crippen LogP) is 6.29. The number of halogens is 3. The number of anilines is 2. The minimum Gasteiger partial charge on any atom is -0.489 e. The molecule has 36 heavy (non-hydrogen) atoms. The summed E-state index contributed by atoms with van der Waals surface area (Å²) in [5, 5.41) is 0.893. The standard InChI is InChI=1S/C28H27F3N2O3/c1-19-2-8-23(9-3-19)33(36-27(34)28(29,30)31)24-10-4-20(5-11-24)21-6-12-25(13-7-21)35-26-18-32-16-14-22(26)15-17-32/h2-13,22,26H,14-18H2,1H3. The molecule has 0 amide bonds. The molecule has 0 aliphatic carbocycles. The van der Waals surface area contributed by atoms with E-state index in [2.05, 4.69) is 4.90 Å². The summed E-state index contributed by atoms with van der Waals surface area (Å²) in [5.41, 5.74) is 3.34. The fourth-order valence-corrected chi connectivity index (χ4v) is 4.80. The lowest BCUT2D eigenvalue weighted by molar-refractivity contribution is -0.199. The molecule has 0 saturated carbocycles. The van der Waals surface area contributed by atoms with Crippen LogP contribution in [0.25, 0.3) is 11.1 Å². The van der Waals surface area contributed by atoms with Gasteiger partial charge in [-0.1, -0.05) is 42.0 Å². The first-order valence-corrected chi connectivity index (χ1v) is 12.0. The molecule has 5 nitrogen and oxygen atoms in total. The Hall–Kier alpha value is -3.52. The molecule has 1 unspecified atom stereocenters. The molecule has 6 rings (SSSR count). The Balaban J connectivity index is 1.32. The third kappa shape index (κ3) is 5.33. The van der Waals surface area contributed by atoms with Crippen molar-refractivity contribution < 1.29 is 27.5 Å². The quantitative estimate of drug-likeness (QED) is 0.375. The molecule has 3 heterocycles. The van der Waals surface area contributed by atoms with Crippen LogP contribution in [0.1, 0.15) is 18.4 Å². The maximum atomic E-state index is 12.9. The van der Waals surface area contributed by atoms with E-state index >= 15 is 0 Å². The van der Waals surface area contributed by atoms with Gasteiger partial charge in [0.05, 0.1) is 11.4 Å². The Kier molecular flexibility index (Phi) is 6.62. The van der Waals surface area contributed by atoms with Crippen molar-refractivity contribution in [3.63, 3.8) is 0 Å². The first kappa shape index (κ1) is 24.2. The zero-order valence-corrected chi connectivity index (χ0v) is 19.9. The SMILES string of the molecule is Cc1ccc(N(OC(=O)C(F)(F)F)c2ccc(-c3ccc(OC4CN5CCC4CC5)cc3)cc2)cc1. The highest BCUT2D eigenvalue weighted by Crippen LogP contribution is 2.33. The molecular formula is C28H27F3N2O3. The number of alkyl halides is 3. The van der Waals surface area contributed by atoms with Gasteiger partial charge in [0.15, 0.2) is 0 Å². The number of carbonyl (C=O) groups is 1. The summed E-state index contributed by atoms with van der Waals surface area (Å²) in [5.74, 6) is -0.838. The van der Waals surface area contributed by atoms with Gasteiger partial charge in [0.1, 0.15) is 11.9 Å². The van der Waals surface area contributed by atoms with Crippen LogP contribution < -0.4 is 9.80 Å². The van der Waals surface area contributed by atoms with Crippen LogP contribution in [0.2, 0.25) is 0 Å². The third-order valence-electron chi connectivity index (χ3n) is 6.85. The van der Waals surface area contributed by atoms with E-state index in [-0.39, 0.29) is 6.10 Å². The Morgan fingerprint density at radius 3 is 1.89 bits per heavy atom. The van der Waals surface area contributed by atoms with Crippen molar-refractivity contribution in [2.24, 2.45) is 5.92 Å². The number of carbonyl (C=O) groups excluding carboxylic acids is 1. The van der Waals surface area contributed by atoms with Crippen molar-refractivity contribution in [2.75, 3.05) is 24.7 Å². The molecule has 8 heteroatoms. The van der Waals surface area contributed by atoms with Crippen LogP contribution in [0.15, 0.2) is 72.8 Å². The second-order valence-electron chi connectivity index (χ2n) is 9.37. The van der Waals surface area contributed by atoms with Gasteiger partial charge in [-0.3, -0.25) is 4.90 Å². The molecule has 1 atom stereocenters. The van der Waals surface area contributed by atoms with Crippen LogP contribution in [-0.4, -0.2) is 42.8 Å². The highest BCUT2D eigenvalue weighted by atomic mass is 19.4. The van der Waals surface area contributed by atoms with Gasteiger partial charge in [-0.2, -0.15) is 18.2 Å². The monoisotopic (exact) mass is 496 g/mol. The topological polar surface area (TPSA) is 42.0 Å². The molecule has 3 aromatic rings. The van der Waals surface area contributed by atoms with Gasteiger partial charge in [-0.25, -0.2) is 4.79 Å². The van der Waals surface area contributed by atoms with Gasteiger partial charge in [0.25, 0.3) is 0 Å². The lowest BCUT2D eigenvalue weighted by atomic mass is 9.86. The number of fused-ring (bicyclic) bond motifs is 3. The molecule has 3 saturated heterocycles. The summed E-state index contributed by atoms with van der Waals surface area (Å²) in [6.45, 7) is 5.16. The Morgan fingerprint density at radius 1 is 0.861 bits per heavy atom. The highest BCUT2D eigenvalue weighted by molar-refractivity contribution is 5.79. The molecular weight excluding hydrogens is 469 g/mol. The predicted molar refractivity (Wildman–Crippen MR) is 131 cm³/mol. The lowest BCUT2D eigenvalue weighted by Crippen LogP contribution is -2.52. The normalized spacial score (nSPS) is 21.2. The summed E-state index contributed by atoms with van der Waals surface area (Å²) < 4.78 is 45.0. The van der Waals surface area contributed by atoms with Gasteiger partial charge >= 0.3 is 12.1 Å². The van der Waals surface area contributed by atoms with Crippen LogP contribution in [0.5, 0.6) is 5.75 Å².